The quantitative estimate of drug-likeness (QED) is 0.751. The topological polar surface area (TPSA) is 34.9 Å². The van der Waals surface area contributed by atoms with E-state index >= 15 is 0 Å². The second kappa shape index (κ2) is 2.92. The first-order chi connectivity index (χ1) is 6.84. The largest absolute Gasteiger partial charge is 0.298 e. The van der Waals surface area contributed by atoms with Gasteiger partial charge in [0, 0.05) is 6.54 Å². The Bertz CT molecular complexity index is 524. The van der Waals surface area contributed by atoms with Crippen molar-refractivity contribution in [2.24, 2.45) is 5.92 Å². The molecule has 72 valence electrons. The molecule has 4 heteroatoms. The van der Waals surface area contributed by atoms with Crippen molar-refractivity contribution in [2.75, 3.05) is 0 Å². The van der Waals surface area contributed by atoms with Crippen LogP contribution in [0.2, 0.25) is 0 Å². The zero-order valence-corrected chi connectivity index (χ0v) is 8.46. The van der Waals surface area contributed by atoms with Gasteiger partial charge in [0.25, 0.3) is 5.56 Å². The fourth-order valence-corrected chi connectivity index (χ4v) is 2.38. The summed E-state index contributed by atoms with van der Waals surface area (Å²) < 4.78 is 2.53. The number of hydrogen-bond acceptors (Lipinski definition) is 3. The van der Waals surface area contributed by atoms with Crippen molar-refractivity contribution in [3.05, 3.63) is 28.1 Å². The molecule has 2 aromatic heterocycles. The predicted octanol–water partition coefficient (Wildman–Crippen LogP) is 1.87. The zero-order chi connectivity index (χ0) is 9.54. The van der Waals surface area contributed by atoms with Crippen LogP contribution >= 0.6 is 11.3 Å². The van der Waals surface area contributed by atoms with E-state index in [1.165, 1.54) is 24.2 Å². The normalized spacial score (nSPS) is 16.3. The molecule has 3 nitrogen and oxygen atoms in total. The highest BCUT2D eigenvalue weighted by Crippen LogP contribution is 2.30. The third-order valence-electron chi connectivity index (χ3n) is 2.59. The molecule has 0 saturated heterocycles. The molecule has 0 aliphatic heterocycles. The van der Waals surface area contributed by atoms with E-state index in [9.17, 15) is 4.79 Å². The summed E-state index contributed by atoms with van der Waals surface area (Å²) >= 11 is 1.48. The van der Waals surface area contributed by atoms with Crippen LogP contribution in [0.5, 0.6) is 0 Å². The molecule has 2 heterocycles. The van der Waals surface area contributed by atoms with Crippen molar-refractivity contribution in [1.29, 1.82) is 0 Å². The van der Waals surface area contributed by atoms with Gasteiger partial charge >= 0.3 is 0 Å². The lowest BCUT2D eigenvalue weighted by Crippen LogP contribution is -2.20. The fraction of sp³-hybridized carbons (Fsp3) is 0.400. The Kier molecular flexibility index (Phi) is 1.70. The van der Waals surface area contributed by atoms with Gasteiger partial charge in [-0.2, -0.15) is 0 Å². The van der Waals surface area contributed by atoms with Crippen LogP contribution in [-0.2, 0) is 6.54 Å². The van der Waals surface area contributed by atoms with E-state index in [1.807, 2.05) is 11.4 Å². The molecule has 0 amide bonds. The lowest BCUT2D eigenvalue weighted by atomic mass is 10.4. The van der Waals surface area contributed by atoms with Gasteiger partial charge in [-0.05, 0) is 30.2 Å². The van der Waals surface area contributed by atoms with Gasteiger partial charge in [-0.1, -0.05) is 0 Å². The highest BCUT2D eigenvalue weighted by molar-refractivity contribution is 7.17. The number of aromatic nitrogens is 2. The number of nitrogens with zero attached hydrogens (tertiary/aromatic N) is 2. The van der Waals surface area contributed by atoms with E-state index in [4.69, 9.17) is 0 Å². The second-order valence-corrected chi connectivity index (χ2v) is 4.70. The first kappa shape index (κ1) is 8.17. The van der Waals surface area contributed by atoms with Gasteiger partial charge in [0.05, 0.1) is 11.8 Å². The van der Waals surface area contributed by atoms with E-state index in [-0.39, 0.29) is 5.56 Å². The summed E-state index contributed by atoms with van der Waals surface area (Å²) in [6.07, 6.45) is 4.19. The smallest absolute Gasteiger partial charge is 0.271 e. The molecular weight excluding hydrogens is 196 g/mol. The van der Waals surface area contributed by atoms with E-state index in [0.29, 0.717) is 5.92 Å². The number of thiophene rings is 1. The maximum Gasteiger partial charge on any atom is 0.271 e. The van der Waals surface area contributed by atoms with Crippen molar-refractivity contribution in [2.45, 2.75) is 19.4 Å². The van der Waals surface area contributed by atoms with Gasteiger partial charge in [-0.15, -0.1) is 11.3 Å². The predicted molar refractivity (Wildman–Crippen MR) is 56.6 cm³/mol. The van der Waals surface area contributed by atoms with Gasteiger partial charge in [0.1, 0.15) is 4.70 Å². The van der Waals surface area contributed by atoms with Crippen LogP contribution in [0.1, 0.15) is 12.8 Å². The molecule has 0 unspecified atom stereocenters. The van der Waals surface area contributed by atoms with Crippen molar-refractivity contribution >= 4 is 21.6 Å². The highest BCUT2D eigenvalue weighted by atomic mass is 32.1. The first-order valence-electron chi connectivity index (χ1n) is 4.77. The second-order valence-electron chi connectivity index (χ2n) is 3.78. The summed E-state index contributed by atoms with van der Waals surface area (Å²) in [6, 6.07) is 1.89. The van der Waals surface area contributed by atoms with Crippen LogP contribution in [0.15, 0.2) is 22.6 Å². The highest BCUT2D eigenvalue weighted by Gasteiger charge is 2.22. The molecule has 1 fully saturated rings. The maximum atomic E-state index is 11.9. The van der Waals surface area contributed by atoms with Crippen molar-refractivity contribution < 1.29 is 0 Å². The lowest BCUT2D eigenvalue weighted by molar-refractivity contribution is 0.602. The number of fused-ring (bicyclic) bond motifs is 1. The Labute approximate surface area is 85.0 Å². The van der Waals surface area contributed by atoms with Gasteiger partial charge in [-0.3, -0.25) is 9.36 Å². The van der Waals surface area contributed by atoms with E-state index in [2.05, 4.69) is 4.98 Å². The average Bonchev–Trinajstić information content (AvgIpc) is 2.85. The van der Waals surface area contributed by atoms with Crippen LogP contribution in [0.25, 0.3) is 10.2 Å². The molecule has 1 aliphatic rings. The van der Waals surface area contributed by atoms with E-state index in [0.717, 1.165) is 16.8 Å². The van der Waals surface area contributed by atoms with Gasteiger partial charge in [0.2, 0.25) is 0 Å². The Morgan fingerprint density at radius 2 is 2.43 bits per heavy atom. The van der Waals surface area contributed by atoms with Gasteiger partial charge in [-0.25, -0.2) is 4.98 Å². The van der Waals surface area contributed by atoms with Crippen LogP contribution in [0, 0.1) is 5.92 Å². The van der Waals surface area contributed by atoms with Gasteiger partial charge in [0.15, 0.2) is 0 Å². The molecule has 0 aromatic carbocycles. The van der Waals surface area contributed by atoms with Crippen molar-refractivity contribution in [3.63, 3.8) is 0 Å². The zero-order valence-electron chi connectivity index (χ0n) is 7.64. The molecule has 0 atom stereocenters. The Balaban J connectivity index is 2.14. The molecule has 2 aromatic rings. The fourth-order valence-electron chi connectivity index (χ4n) is 1.59. The minimum Gasteiger partial charge on any atom is -0.298 e. The van der Waals surface area contributed by atoms with Gasteiger partial charge < -0.3 is 0 Å². The standard InChI is InChI=1S/C10H10N2OS/c13-10-9-8(3-4-14-9)11-6-12(10)5-7-1-2-7/h3-4,6-7H,1-2,5H2. The van der Waals surface area contributed by atoms with E-state index < -0.39 is 0 Å². The molecule has 0 N–H and O–H groups in total. The molecule has 1 saturated carbocycles. The summed E-state index contributed by atoms with van der Waals surface area (Å²) in [4.78, 5) is 16.1. The molecule has 0 bridgehead atoms. The minimum absolute atomic E-state index is 0.122. The summed E-state index contributed by atoms with van der Waals surface area (Å²) in [7, 11) is 0. The van der Waals surface area contributed by atoms with Crippen LogP contribution < -0.4 is 5.56 Å². The molecule has 0 radical (unpaired) electrons. The van der Waals surface area contributed by atoms with Crippen LogP contribution in [0.3, 0.4) is 0 Å². The Morgan fingerprint density at radius 1 is 1.57 bits per heavy atom. The Morgan fingerprint density at radius 3 is 3.21 bits per heavy atom. The summed E-state index contributed by atoms with van der Waals surface area (Å²) in [6.45, 7) is 0.847. The summed E-state index contributed by atoms with van der Waals surface area (Å²) in [5, 5.41) is 1.92. The molecule has 1 aliphatic carbocycles. The molecule has 0 spiro atoms. The van der Waals surface area contributed by atoms with Crippen molar-refractivity contribution in [1.82, 2.24) is 9.55 Å². The molecule has 3 rings (SSSR count). The SMILES string of the molecule is O=c1c2sccc2ncn1CC1CC1. The molecular formula is C10H10N2OS. The first-order valence-corrected chi connectivity index (χ1v) is 5.65. The third-order valence-corrected chi connectivity index (χ3v) is 3.48. The lowest BCUT2D eigenvalue weighted by Gasteiger charge is -2.02. The van der Waals surface area contributed by atoms with E-state index in [1.54, 1.807) is 10.9 Å². The molecule has 14 heavy (non-hydrogen) atoms. The van der Waals surface area contributed by atoms with Crippen LogP contribution in [-0.4, -0.2) is 9.55 Å². The monoisotopic (exact) mass is 206 g/mol. The van der Waals surface area contributed by atoms with Crippen LogP contribution in [0.4, 0.5) is 0 Å². The maximum absolute atomic E-state index is 11.9. The number of hydrogen-bond donors (Lipinski definition) is 0. The average molecular weight is 206 g/mol. The summed E-state index contributed by atoms with van der Waals surface area (Å²) in [5.41, 5.74) is 0.948. The minimum atomic E-state index is 0.122. The Hall–Kier alpha value is -1.16. The van der Waals surface area contributed by atoms with Crippen molar-refractivity contribution in [3.8, 4) is 0 Å². The third kappa shape index (κ3) is 1.26. The summed E-state index contributed by atoms with van der Waals surface area (Å²) in [5.74, 6) is 0.715. The number of rotatable bonds is 2.